The summed E-state index contributed by atoms with van der Waals surface area (Å²) in [5, 5.41) is 0. The molecule has 0 bridgehead atoms. The van der Waals surface area contributed by atoms with E-state index < -0.39 is 0 Å². The van der Waals surface area contributed by atoms with Crippen LogP contribution >= 0.6 is 0 Å². The van der Waals surface area contributed by atoms with E-state index in [9.17, 15) is 4.79 Å². The largest absolute Gasteiger partial charge is 0.444 e. The van der Waals surface area contributed by atoms with E-state index in [1.807, 2.05) is 25.7 Å². The Morgan fingerprint density at radius 3 is 2.56 bits per heavy atom. The van der Waals surface area contributed by atoms with Crippen LogP contribution in [0.4, 0.5) is 4.79 Å². The Kier molecular flexibility index (Phi) is 4.22. The Morgan fingerprint density at radius 2 is 2.06 bits per heavy atom. The maximum Gasteiger partial charge on any atom is 0.410 e. The quantitative estimate of drug-likeness (QED) is 0.724. The fraction of sp³-hybridized carbons (Fsp3) is 0.923. The minimum absolute atomic E-state index is 0.154. The lowest BCUT2D eigenvalue weighted by Gasteiger charge is -2.24. The first kappa shape index (κ1) is 13.3. The van der Waals surface area contributed by atoms with Crippen molar-refractivity contribution in [3.63, 3.8) is 0 Å². The zero-order valence-electron chi connectivity index (χ0n) is 11.2. The van der Waals surface area contributed by atoms with Gasteiger partial charge >= 0.3 is 6.09 Å². The maximum atomic E-state index is 11.8. The van der Waals surface area contributed by atoms with Gasteiger partial charge in [0.15, 0.2) is 0 Å². The molecule has 0 aromatic heterocycles. The molecule has 94 valence electrons. The van der Waals surface area contributed by atoms with E-state index >= 15 is 0 Å². The average molecular weight is 227 g/mol. The highest BCUT2D eigenvalue weighted by atomic mass is 16.6. The predicted molar refractivity (Wildman–Crippen MR) is 65.4 cm³/mol. The lowest BCUT2D eigenvalue weighted by molar-refractivity contribution is 0.0286. The third-order valence-electron chi connectivity index (χ3n) is 2.74. The molecule has 1 aliphatic rings. The van der Waals surface area contributed by atoms with Crippen molar-refractivity contribution in [2.75, 3.05) is 13.1 Å². The van der Waals surface area contributed by atoms with Crippen LogP contribution in [0.2, 0.25) is 0 Å². The molecule has 1 fully saturated rings. The summed E-state index contributed by atoms with van der Waals surface area (Å²) in [5.74, 6) is 1.37. The molecule has 3 nitrogen and oxygen atoms in total. The molecule has 3 heteroatoms. The third-order valence-corrected chi connectivity index (χ3v) is 2.74. The molecule has 1 heterocycles. The van der Waals surface area contributed by atoms with Gasteiger partial charge in [0, 0.05) is 13.1 Å². The normalized spacial score (nSPS) is 21.6. The van der Waals surface area contributed by atoms with Crippen LogP contribution in [0, 0.1) is 11.8 Å². The molecular weight excluding hydrogens is 202 g/mol. The van der Waals surface area contributed by atoms with Crippen LogP contribution in [0.15, 0.2) is 0 Å². The lowest BCUT2D eigenvalue weighted by atomic mass is 9.97. The van der Waals surface area contributed by atoms with Gasteiger partial charge < -0.3 is 9.64 Å². The number of hydrogen-bond acceptors (Lipinski definition) is 2. The van der Waals surface area contributed by atoms with Gasteiger partial charge in [-0.25, -0.2) is 4.79 Å². The zero-order chi connectivity index (χ0) is 12.3. The molecular formula is C13H25NO2. The molecule has 1 atom stereocenters. The van der Waals surface area contributed by atoms with Crippen LogP contribution in [-0.2, 0) is 4.74 Å². The number of ether oxygens (including phenoxy) is 1. The van der Waals surface area contributed by atoms with Crippen LogP contribution in [0.1, 0.15) is 47.5 Å². The number of carbonyl (C=O) groups excluding carboxylic acids is 1. The Hall–Kier alpha value is -0.730. The van der Waals surface area contributed by atoms with Crippen molar-refractivity contribution in [2.45, 2.75) is 53.1 Å². The summed E-state index contributed by atoms with van der Waals surface area (Å²) in [6.07, 6.45) is 2.18. The van der Waals surface area contributed by atoms with Crippen LogP contribution in [0.25, 0.3) is 0 Å². The second-order valence-corrected chi connectivity index (χ2v) is 6.21. The predicted octanol–water partition coefficient (Wildman–Crippen LogP) is 3.29. The van der Waals surface area contributed by atoms with Crippen LogP contribution in [-0.4, -0.2) is 29.7 Å². The summed E-state index contributed by atoms with van der Waals surface area (Å²) in [7, 11) is 0. The minimum Gasteiger partial charge on any atom is -0.444 e. The van der Waals surface area contributed by atoms with Gasteiger partial charge in [-0.3, -0.25) is 0 Å². The Balaban J connectivity index is 2.38. The number of hydrogen-bond donors (Lipinski definition) is 0. The standard InChI is InChI=1S/C13H25NO2/c1-10(2)8-11-6-7-14(9-11)12(15)16-13(3,4)5/h10-11H,6-9H2,1-5H3. The number of rotatable bonds is 2. The van der Waals surface area contributed by atoms with Gasteiger partial charge in [0.05, 0.1) is 0 Å². The molecule has 1 saturated heterocycles. The molecule has 0 aromatic carbocycles. The first-order valence-electron chi connectivity index (χ1n) is 6.26. The number of likely N-dealkylation sites (tertiary alicyclic amines) is 1. The third kappa shape index (κ3) is 4.42. The van der Waals surface area contributed by atoms with E-state index in [0.29, 0.717) is 11.8 Å². The number of nitrogens with zero attached hydrogens (tertiary/aromatic N) is 1. The van der Waals surface area contributed by atoms with Gasteiger partial charge in [-0.1, -0.05) is 13.8 Å². The molecule has 0 N–H and O–H groups in total. The summed E-state index contributed by atoms with van der Waals surface area (Å²) in [4.78, 5) is 13.6. The molecule has 16 heavy (non-hydrogen) atoms. The van der Waals surface area contributed by atoms with E-state index in [1.54, 1.807) is 0 Å². The minimum atomic E-state index is -0.382. The van der Waals surface area contributed by atoms with Gasteiger partial charge in [-0.15, -0.1) is 0 Å². The monoisotopic (exact) mass is 227 g/mol. The molecule has 1 amide bonds. The molecule has 1 aliphatic heterocycles. The fourth-order valence-electron chi connectivity index (χ4n) is 2.18. The van der Waals surface area contributed by atoms with Crippen molar-refractivity contribution in [2.24, 2.45) is 11.8 Å². The van der Waals surface area contributed by atoms with Crippen LogP contribution in [0.5, 0.6) is 0 Å². The summed E-state index contributed by atoms with van der Waals surface area (Å²) in [6.45, 7) is 11.9. The highest BCUT2D eigenvalue weighted by molar-refractivity contribution is 5.68. The van der Waals surface area contributed by atoms with Gasteiger partial charge in [0.1, 0.15) is 5.60 Å². The maximum absolute atomic E-state index is 11.8. The van der Waals surface area contributed by atoms with Gasteiger partial charge in [0.25, 0.3) is 0 Å². The summed E-state index contributed by atoms with van der Waals surface area (Å²) < 4.78 is 5.36. The summed E-state index contributed by atoms with van der Waals surface area (Å²) >= 11 is 0. The molecule has 0 aliphatic carbocycles. The lowest BCUT2D eigenvalue weighted by Crippen LogP contribution is -2.35. The van der Waals surface area contributed by atoms with Crippen molar-refractivity contribution >= 4 is 6.09 Å². The topological polar surface area (TPSA) is 29.5 Å². The number of amides is 1. The van der Waals surface area contributed by atoms with E-state index in [2.05, 4.69) is 13.8 Å². The molecule has 1 rings (SSSR count). The highest BCUT2D eigenvalue weighted by Gasteiger charge is 2.29. The van der Waals surface area contributed by atoms with Crippen molar-refractivity contribution < 1.29 is 9.53 Å². The number of carbonyl (C=O) groups is 1. The fourth-order valence-corrected chi connectivity index (χ4v) is 2.18. The van der Waals surface area contributed by atoms with E-state index in [0.717, 1.165) is 19.5 Å². The molecule has 0 aromatic rings. The summed E-state index contributed by atoms with van der Waals surface area (Å²) in [5.41, 5.74) is -0.382. The van der Waals surface area contributed by atoms with E-state index in [-0.39, 0.29) is 11.7 Å². The van der Waals surface area contributed by atoms with Crippen LogP contribution in [0.3, 0.4) is 0 Å². The molecule has 0 spiro atoms. The second kappa shape index (κ2) is 5.07. The van der Waals surface area contributed by atoms with Crippen molar-refractivity contribution in [3.05, 3.63) is 0 Å². The summed E-state index contributed by atoms with van der Waals surface area (Å²) in [6, 6.07) is 0. The average Bonchev–Trinajstić information content (AvgIpc) is 2.48. The Morgan fingerprint density at radius 1 is 1.44 bits per heavy atom. The van der Waals surface area contributed by atoms with E-state index in [4.69, 9.17) is 4.74 Å². The van der Waals surface area contributed by atoms with Gasteiger partial charge in [-0.2, -0.15) is 0 Å². The Bertz CT molecular complexity index is 243. The molecule has 0 saturated carbocycles. The highest BCUT2D eigenvalue weighted by Crippen LogP contribution is 2.24. The van der Waals surface area contributed by atoms with Gasteiger partial charge in [0.2, 0.25) is 0 Å². The molecule has 1 unspecified atom stereocenters. The van der Waals surface area contributed by atoms with E-state index in [1.165, 1.54) is 6.42 Å². The van der Waals surface area contributed by atoms with Crippen molar-refractivity contribution in [1.82, 2.24) is 4.90 Å². The van der Waals surface area contributed by atoms with Crippen molar-refractivity contribution in [3.8, 4) is 0 Å². The Labute approximate surface area is 99.1 Å². The first-order chi connectivity index (χ1) is 7.28. The molecule has 0 radical (unpaired) electrons. The second-order valence-electron chi connectivity index (χ2n) is 6.21. The van der Waals surface area contributed by atoms with Gasteiger partial charge in [-0.05, 0) is 45.4 Å². The smallest absolute Gasteiger partial charge is 0.410 e. The van der Waals surface area contributed by atoms with Crippen LogP contribution < -0.4 is 0 Å². The first-order valence-corrected chi connectivity index (χ1v) is 6.26. The SMILES string of the molecule is CC(C)CC1CCN(C(=O)OC(C)(C)C)C1. The van der Waals surface area contributed by atoms with Crippen molar-refractivity contribution in [1.29, 1.82) is 0 Å². The zero-order valence-corrected chi connectivity index (χ0v) is 11.2.